The molecule has 4 atom stereocenters. The number of nitrogens with two attached hydrogens (primary N) is 1. The Hall–Kier alpha value is -4.44. The molecule has 0 amide bonds. The monoisotopic (exact) mass is 718 g/mol. The van der Waals surface area contributed by atoms with Crippen molar-refractivity contribution in [2.24, 2.45) is 0 Å². The van der Waals surface area contributed by atoms with Gasteiger partial charge < -0.3 is 20.7 Å². The van der Waals surface area contributed by atoms with Crippen molar-refractivity contribution in [1.82, 2.24) is 20.2 Å². The summed E-state index contributed by atoms with van der Waals surface area (Å²) in [6.45, 7) is 5.85. The molecular formula is C38H32ClF5N6O. The second-order valence-corrected chi connectivity index (χ2v) is 14.8. The molecule has 3 aromatic carbocycles. The molecule has 1 aromatic heterocycles. The summed E-state index contributed by atoms with van der Waals surface area (Å²) in [7, 11) is 0. The maximum Gasteiger partial charge on any atom is 0.319 e. The number of aromatic nitrogens is 2. The van der Waals surface area contributed by atoms with Crippen LogP contribution in [0.3, 0.4) is 0 Å². The second-order valence-electron chi connectivity index (χ2n) is 14.4. The molecule has 9 rings (SSSR count). The van der Waals surface area contributed by atoms with Gasteiger partial charge in [0.2, 0.25) is 0 Å². The number of hydrogen-bond acceptors (Lipinski definition) is 7. The Morgan fingerprint density at radius 1 is 1.16 bits per heavy atom. The summed E-state index contributed by atoms with van der Waals surface area (Å²) < 4.78 is 81.8. The Kier molecular flexibility index (Phi) is 7.34. The van der Waals surface area contributed by atoms with Gasteiger partial charge in [0, 0.05) is 58.7 Å². The molecule has 4 saturated heterocycles. The van der Waals surface area contributed by atoms with Crippen molar-refractivity contribution in [3.63, 3.8) is 0 Å². The van der Waals surface area contributed by atoms with Crippen LogP contribution in [0.2, 0.25) is 5.02 Å². The average Bonchev–Trinajstić information content (AvgIpc) is 3.77. The molecule has 2 bridgehead atoms. The smallest absolute Gasteiger partial charge is 0.319 e. The number of terminal acetylenes is 1. The van der Waals surface area contributed by atoms with Crippen LogP contribution < -0.4 is 20.7 Å². The number of rotatable bonds is 4. The van der Waals surface area contributed by atoms with Gasteiger partial charge in [-0.2, -0.15) is 18.7 Å². The minimum absolute atomic E-state index is 0.00543. The molecule has 6 heterocycles. The zero-order valence-electron chi connectivity index (χ0n) is 27.4. The first kappa shape index (κ1) is 32.5. The molecule has 0 spiro atoms. The summed E-state index contributed by atoms with van der Waals surface area (Å²) in [5.41, 5.74) is 5.65. The predicted molar refractivity (Wildman–Crippen MR) is 187 cm³/mol. The van der Waals surface area contributed by atoms with Gasteiger partial charge in [-0.1, -0.05) is 24.1 Å². The molecule has 4 fully saturated rings. The van der Waals surface area contributed by atoms with Crippen LogP contribution in [-0.2, 0) is 0 Å². The molecule has 13 heteroatoms. The van der Waals surface area contributed by atoms with Gasteiger partial charge in [0.15, 0.2) is 11.6 Å². The largest absolute Gasteiger partial charge is 0.461 e. The fourth-order valence-corrected chi connectivity index (χ4v) is 9.75. The third-order valence-electron chi connectivity index (χ3n) is 11.7. The van der Waals surface area contributed by atoms with E-state index in [9.17, 15) is 8.78 Å². The number of nitrogen functional groups attached to an aromatic ring is 1. The topological polar surface area (TPSA) is 79.5 Å². The first-order valence-corrected chi connectivity index (χ1v) is 17.4. The number of fused-ring (bicyclic) bond motifs is 7. The van der Waals surface area contributed by atoms with Crippen molar-refractivity contribution in [1.29, 1.82) is 0 Å². The maximum absolute atomic E-state index is 17.5. The highest BCUT2D eigenvalue weighted by atomic mass is 35.5. The fraction of sp³-hybridized carbons (Fsp3) is 0.368. The van der Waals surface area contributed by atoms with Crippen LogP contribution in [0.15, 0.2) is 36.4 Å². The quantitative estimate of drug-likeness (QED) is 0.128. The average molecular weight is 719 g/mol. The molecule has 0 unspecified atom stereocenters. The van der Waals surface area contributed by atoms with E-state index in [1.165, 1.54) is 12.1 Å². The highest BCUT2D eigenvalue weighted by Crippen LogP contribution is 2.51. The van der Waals surface area contributed by atoms with Crippen molar-refractivity contribution in [3.05, 3.63) is 70.0 Å². The number of nitrogens with one attached hydrogen (secondary N) is 1. The van der Waals surface area contributed by atoms with Crippen molar-refractivity contribution in [2.75, 3.05) is 36.9 Å². The minimum atomic E-state index is -1.67. The number of anilines is 2. The van der Waals surface area contributed by atoms with Crippen LogP contribution in [0.5, 0.6) is 6.01 Å². The molecular weight excluding hydrogens is 687 g/mol. The highest BCUT2D eigenvalue weighted by molar-refractivity contribution is 6.37. The molecule has 51 heavy (non-hydrogen) atoms. The molecule has 262 valence electrons. The summed E-state index contributed by atoms with van der Waals surface area (Å²) in [5, 5.41) is 3.83. The van der Waals surface area contributed by atoms with E-state index in [1.807, 2.05) is 4.90 Å². The number of benzene rings is 3. The number of halogens is 6. The molecule has 0 saturated carbocycles. The lowest BCUT2D eigenvalue weighted by atomic mass is 9.88. The molecule has 0 radical (unpaired) electrons. The van der Waals surface area contributed by atoms with E-state index in [0.717, 1.165) is 25.3 Å². The molecule has 5 aliphatic rings. The third kappa shape index (κ3) is 4.70. The number of nitrogens with zero attached hydrogens (tertiary/aromatic N) is 4. The van der Waals surface area contributed by atoms with E-state index in [4.69, 9.17) is 33.5 Å². The summed E-state index contributed by atoms with van der Waals surface area (Å²) in [4.78, 5) is 13.7. The molecule has 4 aromatic rings. The van der Waals surface area contributed by atoms with Gasteiger partial charge in [-0.3, -0.25) is 4.90 Å². The zero-order chi connectivity index (χ0) is 35.5. The van der Waals surface area contributed by atoms with Crippen molar-refractivity contribution in [2.45, 2.75) is 62.2 Å². The lowest BCUT2D eigenvalue weighted by Gasteiger charge is -2.41. The van der Waals surface area contributed by atoms with Gasteiger partial charge in [0.1, 0.15) is 23.8 Å². The standard InChI is InChI=1S/C38H32ClF5N6O/c1-3-20-23(40)7-6-21-28(20)22(12-24(45)32(21)41)29-31(39)27-17(2)11-26-25-8-5-19(46-25)15-50(26)36-30(27)34(33(29)42)47-37(48-36)51-16-38-9-4-10-49(38)14-18(13-38)35(43)44/h1,6-7,12,19,25-26,46H,2,4-5,8-11,13-16,45H2/t19-,25+,26+,38+/m1/s1. The highest BCUT2D eigenvalue weighted by Gasteiger charge is 2.49. The van der Waals surface area contributed by atoms with Gasteiger partial charge in [-0.15, -0.1) is 6.42 Å². The van der Waals surface area contributed by atoms with Crippen LogP contribution in [0.1, 0.15) is 49.7 Å². The Morgan fingerprint density at radius 3 is 2.76 bits per heavy atom. The zero-order valence-corrected chi connectivity index (χ0v) is 28.1. The van der Waals surface area contributed by atoms with Gasteiger partial charge in [0.25, 0.3) is 6.08 Å². The van der Waals surface area contributed by atoms with E-state index >= 15 is 13.2 Å². The molecule has 0 aliphatic carbocycles. The van der Waals surface area contributed by atoms with Gasteiger partial charge in [0.05, 0.1) is 27.2 Å². The second kappa shape index (κ2) is 11.5. The SMILES string of the molecule is C#Cc1c(F)ccc2c(F)c(N)cc(-c3c(Cl)c4c5c(nc(OC[C@@]67CCCN6CC(=C(F)F)C7)nc5c3F)N3C[C@H]5CC[C@H](N5)[C@@H]3CC4=C)c12. The Morgan fingerprint density at radius 2 is 1.98 bits per heavy atom. The molecule has 7 nitrogen and oxygen atoms in total. The Labute approximate surface area is 295 Å². The number of piperazine rings is 1. The van der Waals surface area contributed by atoms with Crippen molar-refractivity contribution < 1.29 is 26.7 Å². The van der Waals surface area contributed by atoms with Gasteiger partial charge in [-0.25, -0.2) is 13.2 Å². The summed E-state index contributed by atoms with van der Waals surface area (Å²) in [6, 6.07) is 3.53. The predicted octanol–water partition coefficient (Wildman–Crippen LogP) is 7.58. The summed E-state index contributed by atoms with van der Waals surface area (Å²) >= 11 is 7.22. The van der Waals surface area contributed by atoms with E-state index < -0.39 is 29.1 Å². The van der Waals surface area contributed by atoms with Crippen LogP contribution in [0.25, 0.3) is 38.4 Å². The first-order valence-electron chi connectivity index (χ1n) is 17.0. The van der Waals surface area contributed by atoms with Crippen LogP contribution >= 0.6 is 11.6 Å². The summed E-state index contributed by atoms with van der Waals surface area (Å²) in [5.74, 6) is 0.205. The van der Waals surface area contributed by atoms with Crippen LogP contribution in [0, 0.1) is 29.8 Å². The van der Waals surface area contributed by atoms with Gasteiger partial charge >= 0.3 is 6.01 Å². The fourth-order valence-electron chi connectivity index (χ4n) is 9.34. The van der Waals surface area contributed by atoms with Crippen LogP contribution in [0.4, 0.5) is 33.5 Å². The lowest BCUT2D eigenvalue weighted by Crippen LogP contribution is -2.58. The van der Waals surface area contributed by atoms with E-state index in [2.05, 4.69) is 27.7 Å². The Bertz CT molecular complexity index is 2300. The van der Waals surface area contributed by atoms with E-state index in [1.54, 1.807) is 0 Å². The lowest BCUT2D eigenvalue weighted by molar-refractivity contribution is 0.108. The van der Waals surface area contributed by atoms with E-state index in [-0.39, 0.29) is 93.0 Å². The summed E-state index contributed by atoms with van der Waals surface area (Å²) in [6.07, 6.45) is 8.06. The van der Waals surface area contributed by atoms with E-state index in [0.29, 0.717) is 48.3 Å². The van der Waals surface area contributed by atoms with Crippen molar-refractivity contribution in [3.8, 4) is 29.5 Å². The normalized spacial score (nSPS) is 25.4. The Balaban J connectivity index is 1.29. The number of hydrogen-bond donors (Lipinski definition) is 2. The number of ether oxygens (including phenoxy) is 1. The molecule has 5 aliphatic heterocycles. The minimum Gasteiger partial charge on any atom is -0.461 e. The molecule has 3 N–H and O–H groups in total. The van der Waals surface area contributed by atoms with Gasteiger partial charge in [-0.05, 0) is 74.4 Å². The van der Waals surface area contributed by atoms with Crippen molar-refractivity contribution >= 4 is 50.4 Å². The maximum atomic E-state index is 17.5. The third-order valence-corrected chi connectivity index (χ3v) is 12.0. The first-order chi connectivity index (χ1) is 24.5. The van der Waals surface area contributed by atoms with Crippen LogP contribution in [-0.4, -0.2) is 64.8 Å².